The zero-order valence-electron chi connectivity index (χ0n) is 10.9. The molecule has 0 aliphatic carbocycles. The molecule has 0 bridgehead atoms. The molecule has 0 unspecified atom stereocenters. The van der Waals surface area contributed by atoms with E-state index in [9.17, 15) is 4.39 Å². The summed E-state index contributed by atoms with van der Waals surface area (Å²) in [4.78, 5) is 0. The molecule has 0 aliphatic rings. The van der Waals surface area contributed by atoms with Crippen molar-refractivity contribution in [3.05, 3.63) is 51.3 Å². The maximum Gasteiger partial charge on any atom is 0.138 e. The van der Waals surface area contributed by atoms with Gasteiger partial charge in [0.2, 0.25) is 0 Å². The summed E-state index contributed by atoms with van der Waals surface area (Å²) in [6, 6.07) is 11.1. The summed E-state index contributed by atoms with van der Waals surface area (Å²) in [5.74, 6) is 0.123. The quantitative estimate of drug-likeness (QED) is 0.597. The van der Waals surface area contributed by atoms with Crippen LogP contribution in [-0.2, 0) is 0 Å². The Bertz CT molecular complexity index is 597. The Balaban J connectivity index is 2.39. The van der Waals surface area contributed by atoms with E-state index in [2.05, 4.69) is 25.2 Å². The van der Waals surface area contributed by atoms with Gasteiger partial charge in [-0.2, -0.15) is 0 Å². The molecule has 0 radical (unpaired) electrons. The smallest absolute Gasteiger partial charge is 0.138 e. The number of nitrogens with two attached hydrogens (primary N) is 1. The average Bonchev–Trinajstić information content (AvgIpc) is 2.36. The molecule has 2 nitrogen and oxygen atoms in total. The van der Waals surface area contributed by atoms with E-state index in [4.69, 9.17) is 5.73 Å². The minimum atomic E-state index is -0.265. The molecular formula is C15H16FIN2. The highest BCUT2D eigenvalue weighted by Gasteiger charge is 2.09. The highest BCUT2D eigenvalue weighted by atomic mass is 127. The predicted molar refractivity (Wildman–Crippen MR) is 87.3 cm³/mol. The van der Waals surface area contributed by atoms with Crippen LogP contribution < -0.4 is 11.1 Å². The van der Waals surface area contributed by atoms with Crippen LogP contribution in [0.2, 0.25) is 0 Å². The van der Waals surface area contributed by atoms with Crippen LogP contribution in [-0.4, -0.2) is 0 Å². The van der Waals surface area contributed by atoms with Gasteiger partial charge in [0, 0.05) is 11.8 Å². The van der Waals surface area contributed by atoms with E-state index >= 15 is 0 Å². The fourth-order valence-corrected chi connectivity index (χ4v) is 2.42. The fraction of sp³-hybridized carbons (Fsp3) is 0.200. The first kappa shape index (κ1) is 14.1. The van der Waals surface area contributed by atoms with Gasteiger partial charge in [-0.15, -0.1) is 0 Å². The van der Waals surface area contributed by atoms with E-state index in [1.807, 2.05) is 40.8 Å². The van der Waals surface area contributed by atoms with Gasteiger partial charge in [-0.3, -0.25) is 0 Å². The van der Waals surface area contributed by atoms with Crippen molar-refractivity contribution in [3.8, 4) is 0 Å². The van der Waals surface area contributed by atoms with E-state index in [0.717, 1.165) is 5.69 Å². The molecule has 0 aliphatic heterocycles. The van der Waals surface area contributed by atoms with Crippen molar-refractivity contribution in [2.24, 2.45) is 0 Å². The van der Waals surface area contributed by atoms with E-state index in [1.54, 1.807) is 6.07 Å². The molecule has 4 heteroatoms. The largest absolute Gasteiger partial charge is 0.397 e. The molecule has 2 aromatic rings. The van der Waals surface area contributed by atoms with Crippen molar-refractivity contribution < 1.29 is 4.39 Å². The standard InChI is InChI=1S/C15H16FIN2/c1-9(2)10-5-3-4-6-14(10)19-15-7-11(16)12(17)8-13(15)18/h3-9,19H,18H2,1-2H3. The zero-order valence-corrected chi connectivity index (χ0v) is 13.0. The van der Waals surface area contributed by atoms with Gasteiger partial charge < -0.3 is 11.1 Å². The predicted octanol–water partition coefficient (Wildman–Crippen LogP) is 4.88. The SMILES string of the molecule is CC(C)c1ccccc1Nc1cc(F)c(I)cc1N. The number of nitrogen functional groups attached to an aromatic ring is 1. The molecule has 0 amide bonds. The van der Waals surface area contributed by atoms with Crippen molar-refractivity contribution in [2.45, 2.75) is 19.8 Å². The summed E-state index contributed by atoms with van der Waals surface area (Å²) in [7, 11) is 0. The van der Waals surface area contributed by atoms with Crippen LogP contribution >= 0.6 is 22.6 Å². The van der Waals surface area contributed by atoms with Crippen LogP contribution in [0.4, 0.5) is 21.5 Å². The van der Waals surface area contributed by atoms with Gasteiger partial charge in [0.15, 0.2) is 0 Å². The first-order chi connectivity index (χ1) is 8.99. The lowest BCUT2D eigenvalue weighted by Crippen LogP contribution is -2.01. The number of halogens is 2. The van der Waals surface area contributed by atoms with E-state index in [1.165, 1.54) is 11.6 Å². The molecule has 0 heterocycles. The van der Waals surface area contributed by atoms with E-state index in [0.29, 0.717) is 20.9 Å². The van der Waals surface area contributed by atoms with Gasteiger partial charge in [0.1, 0.15) is 5.82 Å². The van der Waals surface area contributed by atoms with Crippen molar-refractivity contribution in [1.29, 1.82) is 0 Å². The molecule has 0 fully saturated rings. The summed E-state index contributed by atoms with van der Waals surface area (Å²) in [6.45, 7) is 4.25. The molecule has 0 aromatic heterocycles. The number of rotatable bonds is 3. The molecule has 2 aromatic carbocycles. The van der Waals surface area contributed by atoms with Gasteiger partial charge >= 0.3 is 0 Å². The molecule has 0 atom stereocenters. The number of hydrogen-bond donors (Lipinski definition) is 2. The molecule has 0 spiro atoms. The Labute approximate surface area is 126 Å². The summed E-state index contributed by atoms with van der Waals surface area (Å²) in [6.07, 6.45) is 0. The van der Waals surface area contributed by atoms with Crippen LogP contribution in [0.1, 0.15) is 25.3 Å². The second kappa shape index (κ2) is 5.77. The third kappa shape index (κ3) is 3.18. The molecule has 100 valence electrons. The minimum Gasteiger partial charge on any atom is -0.397 e. The lowest BCUT2D eigenvalue weighted by molar-refractivity contribution is 0.621. The fourth-order valence-electron chi connectivity index (χ4n) is 1.93. The maximum absolute atomic E-state index is 13.6. The first-order valence-electron chi connectivity index (χ1n) is 6.09. The first-order valence-corrected chi connectivity index (χ1v) is 7.17. The molecule has 2 rings (SSSR count). The van der Waals surface area contributed by atoms with Gasteiger partial charge in [0.05, 0.1) is 14.9 Å². The zero-order chi connectivity index (χ0) is 14.0. The van der Waals surface area contributed by atoms with Crippen LogP contribution in [0.25, 0.3) is 0 Å². The van der Waals surface area contributed by atoms with Crippen LogP contribution in [0, 0.1) is 9.39 Å². The van der Waals surface area contributed by atoms with Gasteiger partial charge in [-0.1, -0.05) is 32.0 Å². The highest BCUT2D eigenvalue weighted by molar-refractivity contribution is 14.1. The third-order valence-electron chi connectivity index (χ3n) is 2.94. The molecule has 19 heavy (non-hydrogen) atoms. The Morgan fingerprint density at radius 1 is 1.16 bits per heavy atom. The van der Waals surface area contributed by atoms with Gasteiger partial charge in [-0.05, 0) is 46.2 Å². The molecule has 3 N–H and O–H groups in total. The van der Waals surface area contributed by atoms with Gasteiger partial charge in [0.25, 0.3) is 0 Å². The van der Waals surface area contributed by atoms with E-state index < -0.39 is 0 Å². The summed E-state index contributed by atoms with van der Waals surface area (Å²) < 4.78 is 14.1. The van der Waals surface area contributed by atoms with Crippen molar-refractivity contribution in [2.75, 3.05) is 11.1 Å². The second-order valence-electron chi connectivity index (χ2n) is 4.72. The van der Waals surface area contributed by atoms with E-state index in [-0.39, 0.29) is 5.82 Å². The number of hydrogen-bond acceptors (Lipinski definition) is 2. The number of anilines is 3. The third-order valence-corrected chi connectivity index (χ3v) is 3.77. The lowest BCUT2D eigenvalue weighted by Gasteiger charge is -2.16. The summed E-state index contributed by atoms with van der Waals surface area (Å²) >= 11 is 1.93. The topological polar surface area (TPSA) is 38.0 Å². The van der Waals surface area contributed by atoms with Crippen molar-refractivity contribution in [1.82, 2.24) is 0 Å². The normalized spacial score (nSPS) is 10.8. The van der Waals surface area contributed by atoms with Crippen molar-refractivity contribution >= 4 is 39.7 Å². The Morgan fingerprint density at radius 2 is 1.84 bits per heavy atom. The van der Waals surface area contributed by atoms with Crippen LogP contribution in [0.15, 0.2) is 36.4 Å². The molecule has 0 saturated carbocycles. The monoisotopic (exact) mass is 370 g/mol. The van der Waals surface area contributed by atoms with Crippen LogP contribution in [0.3, 0.4) is 0 Å². The minimum absolute atomic E-state index is 0.265. The second-order valence-corrected chi connectivity index (χ2v) is 5.88. The Kier molecular flexibility index (Phi) is 4.29. The number of para-hydroxylation sites is 1. The van der Waals surface area contributed by atoms with Crippen molar-refractivity contribution in [3.63, 3.8) is 0 Å². The molecular weight excluding hydrogens is 354 g/mol. The summed E-state index contributed by atoms with van der Waals surface area (Å²) in [5.41, 5.74) is 9.22. The Morgan fingerprint density at radius 3 is 2.53 bits per heavy atom. The average molecular weight is 370 g/mol. The number of nitrogens with one attached hydrogen (secondary N) is 1. The highest BCUT2D eigenvalue weighted by Crippen LogP contribution is 2.31. The number of benzene rings is 2. The molecule has 0 saturated heterocycles. The lowest BCUT2D eigenvalue weighted by atomic mass is 10.0. The van der Waals surface area contributed by atoms with Crippen LogP contribution in [0.5, 0.6) is 0 Å². The maximum atomic E-state index is 13.6. The Hall–Kier alpha value is -1.30. The summed E-state index contributed by atoms with van der Waals surface area (Å²) in [5, 5.41) is 3.22. The van der Waals surface area contributed by atoms with Gasteiger partial charge in [-0.25, -0.2) is 4.39 Å².